The van der Waals surface area contributed by atoms with Crippen LogP contribution in [0.3, 0.4) is 0 Å². The number of hydrogen-bond donors (Lipinski definition) is 0. The molecule has 0 unspecified atom stereocenters. The van der Waals surface area contributed by atoms with Gasteiger partial charge in [0.15, 0.2) is 0 Å². The van der Waals surface area contributed by atoms with Gasteiger partial charge in [0.1, 0.15) is 6.33 Å². The highest BCUT2D eigenvalue weighted by Gasteiger charge is 2.03. The molecular formula is C13H9N3. The molecule has 3 heteroatoms. The van der Waals surface area contributed by atoms with E-state index in [1.54, 1.807) is 12.5 Å². The summed E-state index contributed by atoms with van der Waals surface area (Å²) in [7, 11) is 0. The minimum absolute atomic E-state index is 0.955. The van der Waals surface area contributed by atoms with Crippen molar-refractivity contribution in [2.24, 2.45) is 0 Å². The first-order valence-electron chi connectivity index (χ1n) is 5.04. The van der Waals surface area contributed by atoms with E-state index in [9.17, 15) is 0 Å². The van der Waals surface area contributed by atoms with Gasteiger partial charge in [-0.25, -0.2) is 9.97 Å². The van der Waals surface area contributed by atoms with E-state index in [1.165, 1.54) is 0 Å². The first kappa shape index (κ1) is 8.97. The fourth-order valence-corrected chi connectivity index (χ4v) is 1.78. The summed E-state index contributed by atoms with van der Waals surface area (Å²) in [6.45, 7) is 0. The predicted octanol–water partition coefficient (Wildman–Crippen LogP) is 2.69. The number of rotatable bonds is 1. The Kier molecular flexibility index (Phi) is 2.07. The fraction of sp³-hybridized carbons (Fsp3) is 0. The quantitative estimate of drug-likeness (QED) is 0.615. The van der Waals surface area contributed by atoms with Crippen LogP contribution >= 0.6 is 0 Å². The summed E-state index contributed by atoms with van der Waals surface area (Å²) >= 11 is 0. The van der Waals surface area contributed by atoms with Crippen molar-refractivity contribution < 1.29 is 0 Å². The lowest BCUT2D eigenvalue weighted by Crippen LogP contribution is -1.85. The minimum atomic E-state index is 0.955. The predicted molar refractivity (Wildman–Crippen MR) is 62.8 cm³/mol. The van der Waals surface area contributed by atoms with Gasteiger partial charge in [0.2, 0.25) is 0 Å². The number of nitrogens with zero attached hydrogens (tertiary/aromatic N) is 3. The Balaban J connectivity index is 2.32. The molecule has 0 radical (unpaired) electrons. The van der Waals surface area contributed by atoms with E-state index in [1.807, 2.05) is 36.7 Å². The van der Waals surface area contributed by atoms with Crippen molar-refractivity contribution >= 4 is 10.9 Å². The second-order valence-electron chi connectivity index (χ2n) is 3.50. The highest BCUT2D eigenvalue weighted by atomic mass is 14.8. The Labute approximate surface area is 92.8 Å². The lowest BCUT2D eigenvalue weighted by Gasteiger charge is -2.04. The second kappa shape index (κ2) is 3.70. The molecule has 0 aliphatic heterocycles. The van der Waals surface area contributed by atoms with Crippen LogP contribution in [0.1, 0.15) is 0 Å². The largest absolute Gasteiger partial charge is 0.264 e. The van der Waals surface area contributed by atoms with Crippen molar-refractivity contribution in [2.45, 2.75) is 0 Å². The van der Waals surface area contributed by atoms with Crippen molar-refractivity contribution in [3.63, 3.8) is 0 Å². The van der Waals surface area contributed by atoms with E-state index in [4.69, 9.17) is 0 Å². The van der Waals surface area contributed by atoms with E-state index < -0.39 is 0 Å². The molecular weight excluding hydrogens is 198 g/mol. The van der Waals surface area contributed by atoms with Gasteiger partial charge in [0.25, 0.3) is 0 Å². The molecule has 0 N–H and O–H groups in total. The number of pyridine rings is 1. The van der Waals surface area contributed by atoms with Gasteiger partial charge >= 0.3 is 0 Å². The molecule has 0 saturated heterocycles. The molecule has 0 aliphatic carbocycles. The maximum Gasteiger partial charge on any atom is 0.116 e. The molecule has 1 aromatic carbocycles. The SMILES string of the molecule is c1cncc(-c2cccc3ncncc23)c1. The summed E-state index contributed by atoms with van der Waals surface area (Å²) in [5.41, 5.74) is 3.16. The maximum absolute atomic E-state index is 4.24. The van der Waals surface area contributed by atoms with Crippen molar-refractivity contribution in [3.8, 4) is 11.1 Å². The van der Waals surface area contributed by atoms with Gasteiger partial charge < -0.3 is 0 Å². The van der Waals surface area contributed by atoms with Gasteiger partial charge in [0, 0.05) is 29.5 Å². The van der Waals surface area contributed by atoms with E-state index in [-0.39, 0.29) is 0 Å². The zero-order valence-corrected chi connectivity index (χ0v) is 8.54. The molecule has 3 aromatic rings. The standard InChI is InChI=1S/C13H9N3/c1-4-11(10-3-2-6-14-7-10)12-8-15-9-16-13(12)5-1/h1-9H. The lowest BCUT2D eigenvalue weighted by atomic mass is 10.0. The van der Waals surface area contributed by atoms with Crippen molar-refractivity contribution in [3.05, 3.63) is 55.2 Å². The molecule has 2 aromatic heterocycles. The van der Waals surface area contributed by atoms with E-state index in [0.29, 0.717) is 0 Å². The second-order valence-corrected chi connectivity index (χ2v) is 3.50. The number of benzene rings is 1. The Hall–Kier alpha value is -2.29. The third-order valence-corrected chi connectivity index (χ3v) is 2.52. The normalized spacial score (nSPS) is 10.5. The highest BCUT2D eigenvalue weighted by molar-refractivity contribution is 5.93. The first-order valence-corrected chi connectivity index (χ1v) is 5.04. The van der Waals surface area contributed by atoms with Gasteiger partial charge in [-0.1, -0.05) is 18.2 Å². The van der Waals surface area contributed by atoms with Gasteiger partial charge in [-0.15, -0.1) is 0 Å². The van der Waals surface area contributed by atoms with Crippen LogP contribution < -0.4 is 0 Å². The molecule has 0 spiro atoms. The Morgan fingerprint density at radius 3 is 2.75 bits per heavy atom. The van der Waals surface area contributed by atoms with Crippen LogP contribution in [0.25, 0.3) is 22.0 Å². The fourth-order valence-electron chi connectivity index (χ4n) is 1.78. The zero-order chi connectivity index (χ0) is 10.8. The summed E-state index contributed by atoms with van der Waals surface area (Å²) in [5, 5.41) is 1.05. The van der Waals surface area contributed by atoms with Crippen molar-refractivity contribution in [1.82, 2.24) is 15.0 Å². The lowest BCUT2D eigenvalue weighted by molar-refractivity contribution is 1.22. The molecule has 0 fully saturated rings. The van der Waals surface area contributed by atoms with Gasteiger partial charge in [0.05, 0.1) is 5.52 Å². The van der Waals surface area contributed by atoms with Crippen molar-refractivity contribution in [2.75, 3.05) is 0 Å². The molecule has 0 amide bonds. The molecule has 3 rings (SSSR count). The van der Waals surface area contributed by atoms with Crippen LogP contribution in [0, 0.1) is 0 Å². The average molecular weight is 207 g/mol. The molecule has 0 atom stereocenters. The van der Waals surface area contributed by atoms with Crippen LogP contribution in [0.5, 0.6) is 0 Å². The summed E-state index contributed by atoms with van der Waals surface area (Å²) in [4.78, 5) is 12.4. The van der Waals surface area contributed by atoms with Crippen molar-refractivity contribution in [1.29, 1.82) is 0 Å². The molecule has 76 valence electrons. The monoisotopic (exact) mass is 207 g/mol. The number of fused-ring (bicyclic) bond motifs is 1. The average Bonchev–Trinajstić information content (AvgIpc) is 2.39. The third kappa shape index (κ3) is 1.42. The van der Waals surface area contributed by atoms with Gasteiger partial charge in [-0.05, 0) is 17.7 Å². The number of aromatic nitrogens is 3. The molecule has 2 heterocycles. The summed E-state index contributed by atoms with van der Waals surface area (Å²) in [6, 6.07) is 10.0. The van der Waals surface area contributed by atoms with E-state index in [2.05, 4.69) is 21.0 Å². The Bertz CT molecular complexity index is 615. The maximum atomic E-state index is 4.24. The molecule has 3 nitrogen and oxygen atoms in total. The molecule has 0 aliphatic rings. The van der Waals surface area contributed by atoms with Crippen LogP contribution in [-0.2, 0) is 0 Å². The smallest absolute Gasteiger partial charge is 0.116 e. The molecule has 0 bridgehead atoms. The van der Waals surface area contributed by atoms with Gasteiger partial charge in [-0.3, -0.25) is 4.98 Å². The third-order valence-electron chi connectivity index (χ3n) is 2.52. The van der Waals surface area contributed by atoms with Crippen LogP contribution in [0.4, 0.5) is 0 Å². The Morgan fingerprint density at radius 2 is 1.88 bits per heavy atom. The molecule has 0 saturated carbocycles. The first-order chi connectivity index (χ1) is 7.95. The summed E-state index contributed by atoms with van der Waals surface area (Å²) in [6.07, 6.45) is 7.02. The summed E-state index contributed by atoms with van der Waals surface area (Å²) < 4.78 is 0. The van der Waals surface area contributed by atoms with E-state index >= 15 is 0 Å². The number of hydrogen-bond acceptors (Lipinski definition) is 3. The zero-order valence-electron chi connectivity index (χ0n) is 8.54. The summed E-state index contributed by atoms with van der Waals surface area (Å²) in [5.74, 6) is 0. The van der Waals surface area contributed by atoms with E-state index in [0.717, 1.165) is 22.0 Å². The van der Waals surface area contributed by atoms with Gasteiger partial charge in [-0.2, -0.15) is 0 Å². The molecule has 16 heavy (non-hydrogen) atoms. The highest BCUT2D eigenvalue weighted by Crippen LogP contribution is 2.25. The minimum Gasteiger partial charge on any atom is -0.264 e. The van der Waals surface area contributed by atoms with Crippen LogP contribution in [0.2, 0.25) is 0 Å². The van der Waals surface area contributed by atoms with Crippen LogP contribution in [-0.4, -0.2) is 15.0 Å². The van der Waals surface area contributed by atoms with Crippen LogP contribution in [0.15, 0.2) is 55.2 Å². The topological polar surface area (TPSA) is 38.7 Å². The Morgan fingerprint density at radius 1 is 0.875 bits per heavy atom.